The quantitative estimate of drug-likeness (QED) is 0.104. The molecule has 0 aliphatic carbocycles. The normalized spacial score (nSPS) is 10.7. The minimum atomic E-state index is -0.434. The van der Waals surface area contributed by atoms with E-state index < -0.39 is 15.8 Å². The summed E-state index contributed by atoms with van der Waals surface area (Å²) in [6.45, 7) is 8.56. The Kier molecular flexibility index (Phi) is 11.1. The van der Waals surface area contributed by atoms with Crippen molar-refractivity contribution in [1.29, 1.82) is 0 Å². The number of aryl methyl sites for hydroxylation is 4. The van der Waals surface area contributed by atoms with E-state index in [0.29, 0.717) is 0 Å². The van der Waals surface area contributed by atoms with E-state index in [1.54, 1.807) is 0 Å². The SMILES string of the molecule is Cc1ccc(P(c2ccc(C)cc2)[c-]2[cH-][cH-][cH-][cH-]2)cc1.Cc1ccc(P(c2ccc(C)cc2)[c-]2cccc2)cc1.[Fe]. The van der Waals surface area contributed by atoms with Crippen LogP contribution in [-0.4, -0.2) is 0 Å². The van der Waals surface area contributed by atoms with Gasteiger partial charge in [-0.1, -0.05) is 138 Å². The summed E-state index contributed by atoms with van der Waals surface area (Å²) in [5.41, 5.74) is 5.26. The van der Waals surface area contributed by atoms with Crippen LogP contribution in [0.3, 0.4) is 0 Å². The zero-order chi connectivity index (χ0) is 27.9. The molecule has 0 unspecified atom stereocenters. The zero-order valence-electron chi connectivity index (χ0n) is 24.1. The molecule has 41 heavy (non-hydrogen) atoms. The molecular weight excluding hydrogens is 574 g/mol. The third-order valence-corrected chi connectivity index (χ3v) is 11.9. The van der Waals surface area contributed by atoms with E-state index in [-0.39, 0.29) is 17.1 Å². The van der Waals surface area contributed by atoms with Crippen molar-refractivity contribution in [2.75, 3.05) is 0 Å². The Balaban J connectivity index is 0.000000184. The van der Waals surface area contributed by atoms with Gasteiger partial charge >= 0.3 is 0 Å². The van der Waals surface area contributed by atoms with E-state index in [1.807, 2.05) is 0 Å². The predicted octanol–water partition coefficient (Wildman–Crippen LogP) is 7.56. The third-order valence-electron chi connectivity index (χ3n) is 6.98. The van der Waals surface area contributed by atoms with E-state index in [0.717, 1.165) is 0 Å². The van der Waals surface area contributed by atoms with Crippen LogP contribution in [0.15, 0.2) is 146 Å². The average Bonchev–Trinajstić information content (AvgIpc) is 3.69. The molecule has 0 aliphatic heterocycles. The van der Waals surface area contributed by atoms with Crippen molar-refractivity contribution >= 4 is 47.7 Å². The van der Waals surface area contributed by atoms with Crippen molar-refractivity contribution in [2.45, 2.75) is 27.7 Å². The molecule has 0 radical (unpaired) electrons. The Labute approximate surface area is 259 Å². The Morgan fingerprint density at radius 1 is 0.439 bits per heavy atom. The van der Waals surface area contributed by atoms with Crippen LogP contribution in [0.25, 0.3) is 0 Å². The molecule has 0 heterocycles. The summed E-state index contributed by atoms with van der Waals surface area (Å²) >= 11 is 0. The summed E-state index contributed by atoms with van der Waals surface area (Å²) in [5.74, 6) is 0. The Morgan fingerprint density at radius 2 is 0.732 bits per heavy atom. The third kappa shape index (κ3) is 8.04. The van der Waals surface area contributed by atoms with Gasteiger partial charge in [0, 0.05) is 17.1 Å². The summed E-state index contributed by atoms with van der Waals surface area (Å²) in [7, 11) is -0.867. The van der Waals surface area contributed by atoms with Gasteiger partial charge < -0.3 is 29.6 Å². The second-order valence-electron chi connectivity index (χ2n) is 10.3. The first kappa shape index (κ1) is 30.9. The molecule has 0 spiro atoms. The first-order valence-electron chi connectivity index (χ1n) is 13.8. The van der Waals surface area contributed by atoms with E-state index in [1.165, 1.54) is 54.1 Å². The number of hydrogen-bond acceptors (Lipinski definition) is 0. The molecule has 0 nitrogen and oxygen atoms in total. The molecule has 0 N–H and O–H groups in total. The fraction of sp³-hybridized carbons (Fsp3) is 0.105. The molecule has 0 saturated carbocycles. The topological polar surface area (TPSA) is 0 Å². The molecule has 6 rings (SSSR count). The fourth-order valence-corrected chi connectivity index (χ4v) is 9.21. The zero-order valence-corrected chi connectivity index (χ0v) is 27.0. The van der Waals surface area contributed by atoms with Crippen molar-refractivity contribution in [3.63, 3.8) is 0 Å². The van der Waals surface area contributed by atoms with Crippen LogP contribution < -0.4 is 31.8 Å². The predicted molar refractivity (Wildman–Crippen MR) is 180 cm³/mol. The molecule has 0 saturated heterocycles. The minimum absolute atomic E-state index is 0. The van der Waals surface area contributed by atoms with Gasteiger partial charge in [0.05, 0.1) is 0 Å². The first-order chi connectivity index (χ1) is 19.5. The second-order valence-corrected chi connectivity index (χ2v) is 14.7. The van der Waals surface area contributed by atoms with Gasteiger partial charge in [-0.3, -0.25) is 0 Å². The maximum Gasteiger partial charge on any atom is 0 e. The molecule has 0 fully saturated rings. The summed E-state index contributed by atoms with van der Waals surface area (Å²) in [4.78, 5) is 0. The van der Waals surface area contributed by atoms with Gasteiger partial charge in [0.2, 0.25) is 0 Å². The summed E-state index contributed by atoms with van der Waals surface area (Å²) in [6, 6.07) is 53.3. The molecule has 6 aromatic carbocycles. The van der Waals surface area contributed by atoms with Crippen LogP contribution in [0.1, 0.15) is 22.3 Å². The number of benzene rings is 4. The van der Waals surface area contributed by atoms with Gasteiger partial charge in [0.25, 0.3) is 0 Å². The summed E-state index contributed by atoms with van der Waals surface area (Å²) in [5, 5.41) is 8.52. The maximum atomic E-state index is 2.27. The van der Waals surface area contributed by atoms with Crippen LogP contribution in [0.5, 0.6) is 0 Å². The van der Waals surface area contributed by atoms with Crippen LogP contribution in [0, 0.1) is 27.7 Å². The molecule has 3 heteroatoms. The van der Waals surface area contributed by atoms with E-state index in [2.05, 4.69) is 173 Å². The van der Waals surface area contributed by atoms with Crippen molar-refractivity contribution in [3.05, 3.63) is 168 Å². The van der Waals surface area contributed by atoms with Crippen molar-refractivity contribution < 1.29 is 17.1 Å². The Bertz CT molecular complexity index is 1360. The van der Waals surface area contributed by atoms with E-state index in [9.17, 15) is 0 Å². The smallest absolute Gasteiger partial charge is 0 e. The van der Waals surface area contributed by atoms with Crippen molar-refractivity contribution in [2.24, 2.45) is 0 Å². The van der Waals surface area contributed by atoms with Crippen LogP contribution in [0.2, 0.25) is 0 Å². The standard InChI is InChI=1S/2C19H18P.Fe/c2*1-15-7-11-18(12-8-15)20(17-5-3-4-6-17)19-13-9-16(2)10-14-19;/h2*3-14H,1-2H3;/q-5;-1;. The molecule has 0 amide bonds. The molecule has 0 atom stereocenters. The number of hydrogen-bond donors (Lipinski definition) is 0. The van der Waals surface area contributed by atoms with Gasteiger partial charge in [-0.2, -0.15) is 12.1 Å². The van der Waals surface area contributed by atoms with Gasteiger partial charge in [-0.05, 0) is 38.3 Å². The molecule has 0 bridgehead atoms. The monoisotopic (exact) mass is 610 g/mol. The van der Waals surface area contributed by atoms with Gasteiger partial charge in [0.1, 0.15) is 0 Å². The number of rotatable bonds is 6. The Morgan fingerprint density at radius 3 is 1.05 bits per heavy atom. The maximum absolute atomic E-state index is 2.27. The van der Waals surface area contributed by atoms with E-state index >= 15 is 0 Å². The first-order valence-corrected chi connectivity index (χ1v) is 16.5. The molecule has 0 aliphatic rings. The second kappa shape index (κ2) is 14.7. The molecule has 0 aromatic heterocycles. The molecular formula is C38H36FeP2-6. The summed E-state index contributed by atoms with van der Waals surface area (Å²) in [6.07, 6.45) is 0. The van der Waals surface area contributed by atoms with Gasteiger partial charge in [-0.15, -0.1) is 5.30 Å². The van der Waals surface area contributed by atoms with Crippen LogP contribution >= 0.6 is 15.8 Å². The molecule has 6 aromatic rings. The summed E-state index contributed by atoms with van der Waals surface area (Å²) < 4.78 is 0. The van der Waals surface area contributed by atoms with Crippen LogP contribution in [0.4, 0.5) is 0 Å². The minimum Gasteiger partial charge on any atom is -0.747 e. The Hall–Kier alpha value is -3.04. The van der Waals surface area contributed by atoms with Crippen LogP contribution in [-0.2, 0) is 17.1 Å². The average molecular weight is 610 g/mol. The fourth-order valence-electron chi connectivity index (χ4n) is 4.70. The van der Waals surface area contributed by atoms with Crippen molar-refractivity contribution in [1.82, 2.24) is 0 Å². The van der Waals surface area contributed by atoms with Crippen molar-refractivity contribution in [3.8, 4) is 0 Å². The molecule has 212 valence electrons. The van der Waals surface area contributed by atoms with E-state index in [4.69, 9.17) is 0 Å². The van der Waals surface area contributed by atoms with Gasteiger partial charge in [-0.25, -0.2) is 20.1 Å². The largest absolute Gasteiger partial charge is 0.747 e. The van der Waals surface area contributed by atoms with Gasteiger partial charge in [0.15, 0.2) is 0 Å².